The van der Waals surface area contributed by atoms with Crippen molar-refractivity contribution in [3.63, 3.8) is 0 Å². The molecule has 0 radical (unpaired) electrons. The Balaban J connectivity index is 2.49. The second-order valence-corrected chi connectivity index (χ2v) is 4.22. The molecule has 0 amide bonds. The predicted octanol–water partition coefficient (Wildman–Crippen LogP) is 3.57. The van der Waals surface area contributed by atoms with Crippen molar-refractivity contribution in [3.05, 3.63) is 63.9 Å². The number of carbonyl (C=O) groups is 1. The zero-order valence-corrected chi connectivity index (χ0v) is 10.1. The quantitative estimate of drug-likeness (QED) is 0.521. The Kier molecular flexibility index (Phi) is 3.48. The van der Waals surface area contributed by atoms with Crippen molar-refractivity contribution in [1.82, 2.24) is 0 Å². The van der Waals surface area contributed by atoms with Gasteiger partial charge in [-0.1, -0.05) is 11.6 Å². The molecule has 0 unspecified atom stereocenters. The summed E-state index contributed by atoms with van der Waals surface area (Å²) in [4.78, 5) is 11.9. The standard InChI is InChI=1S/C13H7ClF3NO/c14-8-5-9(15)7(4-10(8)16)13(19)6-1-2-12(18)11(17)3-6/h1-5H,18H2. The minimum Gasteiger partial charge on any atom is -0.396 e. The number of nitrogen functional groups attached to an aromatic ring is 1. The minimum atomic E-state index is -0.978. The molecular weight excluding hydrogens is 279 g/mol. The molecule has 0 saturated heterocycles. The summed E-state index contributed by atoms with van der Waals surface area (Å²) in [6.45, 7) is 0. The summed E-state index contributed by atoms with van der Waals surface area (Å²) in [6.07, 6.45) is 0. The molecule has 0 aliphatic heterocycles. The van der Waals surface area contributed by atoms with Gasteiger partial charge in [0.15, 0.2) is 5.78 Å². The summed E-state index contributed by atoms with van der Waals surface area (Å²) in [5.41, 5.74) is 4.47. The van der Waals surface area contributed by atoms with Crippen molar-refractivity contribution in [2.75, 3.05) is 5.73 Å². The van der Waals surface area contributed by atoms with Crippen molar-refractivity contribution in [2.45, 2.75) is 0 Å². The lowest BCUT2D eigenvalue weighted by molar-refractivity contribution is 0.103. The Morgan fingerprint density at radius 2 is 1.68 bits per heavy atom. The lowest BCUT2D eigenvalue weighted by atomic mass is 10.0. The van der Waals surface area contributed by atoms with Crippen LogP contribution < -0.4 is 5.73 Å². The van der Waals surface area contributed by atoms with Gasteiger partial charge in [0.05, 0.1) is 16.3 Å². The van der Waals surface area contributed by atoms with Gasteiger partial charge in [0.1, 0.15) is 17.5 Å². The zero-order chi connectivity index (χ0) is 14.2. The van der Waals surface area contributed by atoms with Gasteiger partial charge in [0.25, 0.3) is 0 Å². The second-order valence-electron chi connectivity index (χ2n) is 3.81. The van der Waals surface area contributed by atoms with Crippen LogP contribution >= 0.6 is 11.6 Å². The molecule has 0 heterocycles. The molecule has 2 nitrogen and oxygen atoms in total. The summed E-state index contributed by atoms with van der Waals surface area (Å²) in [5.74, 6) is -3.57. The molecule has 0 aromatic heterocycles. The van der Waals surface area contributed by atoms with Gasteiger partial charge in [-0.2, -0.15) is 0 Å². The van der Waals surface area contributed by atoms with Crippen molar-refractivity contribution in [2.24, 2.45) is 0 Å². The molecular formula is C13H7ClF3NO. The highest BCUT2D eigenvalue weighted by atomic mass is 35.5. The fourth-order valence-corrected chi connectivity index (χ4v) is 1.67. The second kappa shape index (κ2) is 4.93. The van der Waals surface area contributed by atoms with Gasteiger partial charge in [-0.15, -0.1) is 0 Å². The predicted molar refractivity (Wildman–Crippen MR) is 65.6 cm³/mol. The normalized spacial score (nSPS) is 10.5. The number of hydrogen-bond acceptors (Lipinski definition) is 2. The average molecular weight is 286 g/mol. The van der Waals surface area contributed by atoms with Crippen LogP contribution in [-0.2, 0) is 0 Å². The zero-order valence-electron chi connectivity index (χ0n) is 9.38. The fraction of sp³-hybridized carbons (Fsp3) is 0. The Labute approximate surface area is 111 Å². The topological polar surface area (TPSA) is 43.1 Å². The van der Waals surface area contributed by atoms with Crippen molar-refractivity contribution in [3.8, 4) is 0 Å². The van der Waals surface area contributed by atoms with Crippen LogP contribution in [0.15, 0.2) is 30.3 Å². The van der Waals surface area contributed by atoms with Crippen LogP contribution in [0.3, 0.4) is 0 Å². The minimum absolute atomic E-state index is 0.132. The first-order valence-corrected chi connectivity index (χ1v) is 5.52. The van der Waals surface area contributed by atoms with Gasteiger partial charge >= 0.3 is 0 Å². The van der Waals surface area contributed by atoms with Crippen molar-refractivity contribution in [1.29, 1.82) is 0 Å². The van der Waals surface area contributed by atoms with Gasteiger partial charge < -0.3 is 5.73 Å². The highest BCUT2D eigenvalue weighted by Gasteiger charge is 2.18. The van der Waals surface area contributed by atoms with Crippen molar-refractivity contribution < 1.29 is 18.0 Å². The Morgan fingerprint density at radius 3 is 2.32 bits per heavy atom. The van der Waals surface area contributed by atoms with Gasteiger partial charge in [0.2, 0.25) is 0 Å². The third-order valence-corrected chi connectivity index (χ3v) is 2.81. The molecule has 2 N–H and O–H groups in total. The van der Waals surface area contributed by atoms with Crippen LogP contribution in [0.5, 0.6) is 0 Å². The van der Waals surface area contributed by atoms with Crippen LogP contribution in [0.25, 0.3) is 0 Å². The van der Waals surface area contributed by atoms with E-state index in [0.717, 1.165) is 6.07 Å². The maximum absolute atomic E-state index is 13.6. The largest absolute Gasteiger partial charge is 0.396 e. The van der Waals surface area contributed by atoms with Crippen LogP contribution in [0.4, 0.5) is 18.9 Å². The van der Waals surface area contributed by atoms with Crippen LogP contribution in [-0.4, -0.2) is 5.78 Å². The Bertz CT molecular complexity index is 673. The fourth-order valence-electron chi connectivity index (χ4n) is 1.52. The monoisotopic (exact) mass is 285 g/mol. The summed E-state index contributed by atoms with van der Waals surface area (Å²) in [5, 5.41) is -0.433. The van der Waals surface area contributed by atoms with E-state index >= 15 is 0 Å². The number of rotatable bonds is 2. The van der Waals surface area contributed by atoms with E-state index in [9.17, 15) is 18.0 Å². The van der Waals surface area contributed by atoms with E-state index in [1.54, 1.807) is 0 Å². The van der Waals surface area contributed by atoms with Crippen molar-refractivity contribution >= 4 is 23.1 Å². The van der Waals surface area contributed by atoms with Crippen LogP contribution in [0.2, 0.25) is 5.02 Å². The third-order valence-electron chi connectivity index (χ3n) is 2.52. The molecule has 0 fully saturated rings. The van der Waals surface area contributed by atoms with E-state index < -0.39 is 33.8 Å². The number of hydrogen-bond donors (Lipinski definition) is 1. The van der Waals surface area contributed by atoms with E-state index in [2.05, 4.69) is 0 Å². The first-order valence-electron chi connectivity index (χ1n) is 5.14. The van der Waals surface area contributed by atoms with E-state index in [1.165, 1.54) is 12.1 Å². The molecule has 2 rings (SSSR count). The number of carbonyl (C=O) groups excluding carboxylic acids is 1. The number of anilines is 1. The van der Waals surface area contributed by atoms with E-state index in [-0.39, 0.29) is 11.3 Å². The van der Waals surface area contributed by atoms with Gasteiger partial charge in [-0.05, 0) is 30.3 Å². The van der Waals surface area contributed by atoms with Gasteiger partial charge in [-0.3, -0.25) is 4.79 Å². The Hall–Kier alpha value is -2.01. The number of benzene rings is 2. The average Bonchev–Trinajstić information content (AvgIpc) is 2.36. The molecule has 0 aliphatic rings. The lowest BCUT2D eigenvalue weighted by Gasteiger charge is -2.05. The molecule has 2 aromatic rings. The first-order chi connectivity index (χ1) is 8.90. The highest BCUT2D eigenvalue weighted by Crippen LogP contribution is 2.22. The molecule has 98 valence electrons. The smallest absolute Gasteiger partial charge is 0.196 e. The SMILES string of the molecule is Nc1ccc(C(=O)c2cc(F)c(Cl)cc2F)cc1F. The molecule has 0 spiro atoms. The summed E-state index contributed by atoms with van der Waals surface area (Å²) < 4.78 is 40.0. The number of ketones is 1. The van der Waals surface area contributed by atoms with Crippen LogP contribution in [0, 0.1) is 17.5 Å². The third kappa shape index (κ3) is 2.56. The molecule has 6 heteroatoms. The molecule has 0 aliphatic carbocycles. The summed E-state index contributed by atoms with van der Waals surface area (Å²) in [6, 6.07) is 4.63. The molecule has 0 bridgehead atoms. The molecule has 19 heavy (non-hydrogen) atoms. The first kappa shape index (κ1) is 13.4. The highest BCUT2D eigenvalue weighted by molar-refractivity contribution is 6.30. The van der Waals surface area contributed by atoms with Gasteiger partial charge in [0, 0.05) is 5.56 Å². The number of nitrogens with two attached hydrogens (primary N) is 1. The Morgan fingerprint density at radius 1 is 1.00 bits per heavy atom. The van der Waals surface area contributed by atoms with Crippen LogP contribution in [0.1, 0.15) is 15.9 Å². The lowest BCUT2D eigenvalue weighted by Crippen LogP contribution is -2.06. The van der Waals surface area contributed by atoms with E-state index in [4.69, 9.17) is 17.3 Å². The van der Waals surface area contributed by atoms with E-state index in [0.29, 0.717) is 12.1 Å². The molecule has 2 aromatic carbocycles. The summed E-state index contributed by atoms with van der Waals surface area (Å²) in [7, 11) is 0. The maximum Gasteiger partial charge on any atom is 0.196 e. The number of halogens is 4. The molecule has 0 saturated carbocycles. The maximum atomic E-state index is 13.6. The van der Waals surface area contributed by atoms with Gasteiger partial charge in [-0.25, -0.2) is 13.2 Å². The van der Waals surface area contributed by atoms with E-state index in [1.807, 2.05) is 0 Å². The summed E-state index contributed by atoms with van der Waals surface area (Å²) >= 11 is 5.38. The molecule has 0 atom stereocenters.